The van der Waals surface area contributed by atoms with Crippen LogP contribution in [0.4, 0.5) is 13.2 Å². The number of benzene rings is 2. The molecule has 0 fully saturated rings. The monoisotopic (exact) mass is 384 g/mol. The van der Waals surface area contributed by atoms with E-state index >= 15 is 0 Å². The molecule has 0 saturated carbocycles. The van der Waals surface area contributed by atoms with Crippen molar-refractivity contribution in [2.24, 2.45) is 4.52 Å². The zero-order valence-corrected chi connectivity index (χ0v) is 14.3. The lowest BCUT2D eigenvalue weighted by molar-refractivity contribution is -0.137. The molecule has 2 aromatic rings. The van der Waals surface area contributed by atoms with Gasteiger partial charge in [-0.2, -0.15) is 17.5 Å². The van der Waals surface area contributed by atoms with Crippen molar-refractivity contribution in [2.75, 3.05) is 6.54 Å². The lowest BCUT2D eigenvalue weighted by Gasteiger charge is -2.19. The molecule has 0 N–H and O–H groups in total. The first-order chi connectivity index (χ1) is 12.2. The Labute approximate surface area is 148 Å². The second-order valence-corrected chi connectivity index (χ2v) is 6.99. The summed E-state index contributed by atoms with van der Waals surface area (Å²) in [6.45, 7) is -0.0512. The highest BCUT2D eigenvalue weighted by molar-refractivity contribution is 7.87. The first-order valence-corrected chi connectivity index (χ1v) is 8.88. The van der Waals surface area contributed by atoms with Crippen LogP contribution in [0.3, 0.4) is 0 Å². The van der Waals surface area contributed by atoms with Crippen LogP contribution in [0.25, 0.3) is 10.4 Å². The molecular weight excluding hydrogens is 369 g/mol. The maximum Gasteiger partial charge on any atom is 0.416 e. The van der Waals surface area contributed by atoms with E-state index in [0.717, 1.165) is 16.4 Å². The van der Waals surface area contributed by atoms with Gasteiger partial charge in [0, 0.05) is 22.5 Å². The number of nitrogens with zero attached hydrogens (tertiary/aromatic N) is 4. The van der Waals surface area contributed by atoms with E-state index in [1.807, 2.05) is 0 Å². The quantitative estimate of drug-likeness (QED) is 0.405. The minimum absolute atomic E-state index is 0.0111. The maximum atomic E-state index is 12.6. The van der Waals surface area contributed by atoms with Crippen LogP contribution in [0.5, 0.6) is 0 Å². The fourth-order valence-electron chi connectivity index (χ4n) is 2.28. The van der Waals surface area contributed by atoms with Crippen LogP contribution < -0.4 is 0 Å². The molecular formula is C16H15F3N4O2S. The van der Waals surface area contributed by atoms with Gasteiger partial charge in [-0.3, -0.25) is 0 Å². The minimum Gasteiger partial charge on any atom is -0.204 e. The van der Waals surface area contributed by atoms with Gasteiger partial charge in [-0.25, -0.2) is 8.42 Å². The molecule has 0 aliphatic carbocycles. The Morgan fingerprint density at radius 2 is 1.62 bits per heavy atom. The van der Waals surface area contributed by atoms with Gasteiger partial charge in [0.1, 0.15) is 0 Å². The standard InChI is InChI=1S/C16H15F3N4O2S/c17-16(18,19)15-8-6-13(7-9-15)10-11-23(26(24,25)22-21-20)12-14-4-2-1-3-5-14/h1-9H,10-12H2. The normalized spacial score (nSPS) is 12.0. The average Bonchev–Trinajstić information content (AvgIpc) is 2.59. The van der Waals surface area contributed by atoms with Gasteiger partial charge in [0.15, 0.2) is 0 Å². The summed E-state index contributed by atoms with van der Waals surface area (Å²) in [6.07, 6.45) is -4.26. The van der Waals surface area contributed by atoms with E-state index in [1.54, 1.807) is 30.3 Å². The molecule has 0 radical (unpaired) electrons. The molecule has 0 atom stereocenters. The summed E-state index contributed by atoms with van der Waals surface area (Å²) >= 11 is 0. The van der Waals surface area contributed by atoms with Crippen molar-refractivity contribution in [3.63, 3.8) is 0 Å². The Kier molecular flexibility index (Phi) is 6.25. The van der Waals surface area contributed by atoms with Gasteiger partial charge < -0.3 is 0 Å². The number of hydrogen-bond donors (Lipinski definition) is 0. The number of azide groups is 1. The second-order valence-electron chi connectivity index (χ2n) is 5.41. The third-order valence-corrected chi connectivity index (χ3v) is 4.84. The third kappa shape index (κ3) is 5.48. The van der Waals surface area contributed by atoms with Crippen LogP contribution in [0.15, 0.2) is 59.1 Å². The van der Waals surface area contributed by atoms with E-state index in [4.69, 9.17) is 5.53 Å². The molecule has 10 heteroatoms. The second kappa shape index (κ2) is 8.22. The van der Waals surface area contributed by atoms with E-state index in [2.05, 4.69) is 9.43 Å². The number of alkyl halides is 3. The predicted molar refractivity (Wildman–Crippen MR) is 90.1 cm³/mol. The van der Waals surface area contributed by atoms with Gasteiger partial charge in [0.25, 0.3) is 0 Å². The predicted octanol–water partition coefficient (Wildman–Crippen LogP) is 4.31. The summed E-state index contributed by atoms with van der Waals surface area (Å²) in [5, 5.41) is 0. The van der Waals surface area contributed by atoms with Crippen molar-refractivity contribution in [1.29, 1.82) is 0 Å². The number of hydrogen-bond acceptors (Lipinski definition) is 2. The molecule has 0 spiro atoms. The van der Waals surface area contributed by atoms with E-state index < -0.39 is 21.9 Å². The van der Waals surface area contributed by atoms with Crippen molar-refractivity contribution in [3.8, 4) is 0 Å². The lowest BCUT2D eigenvalue weighted by atomic mass is 10.1. The Morgan fingerprint density at radius 3 is 2.15 bits per heavy atom. The first kappa shape index (κ1) is 19.8. The van der Waals surface area contributed by atoms with Gasteiger partial charge in [-0.1, -0.05) is 42.5 Å². The van der Waals surface area contributed by atoms with Crippen molar-refractivity contribution >= 4 is 10.2 Å². The smallest absolute Gasteiger partial charge is 0.204 e. The molecule has 2 aromatic carbocycles. The van der Waals surface area contributed by atoms with E-state index in [9.17, 15) is 21.6 Å². The van der Waals surface area contributed by atoms with Gasteiger partial charge >= 0.3 is 16.4 Å². The van der Waals surface area contributed by atoms with Crippen LogP contribution in [-0.2, 0) is 29.4 Å². The molecule has 0 aliphatic rings. The fraction of sp³-hybridized carbons (Fsp3) is 0.250. The van der Waals surface area contributed by atoms with Crippen molar-refractivity contribution in [3.05, 3.63) is 81.7 Å². The lowest BCUT2D eigenvalue weighted by Crippen LogP contribution is -2.30. The molecule has 0 unspecified atom stereocenters. The fourth-order valence-corrected chi connectivity index (χ4v) is 3.10. The summed E-state index contributed by atoms with van der Waals surface area (Å²) in [6, 6.07) is 13.2. The van der Waals surface area contributed by atoms with Crippen molar-refractivity contribution in [1.82, 2.24) is 4.31 Å². The topological polar surface area (TPSA) is 86.1 Å². The maximum absolute atomic E-state index is 12.6. The van der Waals surface area contributed by atoms with E-state index in [0.29, 0.717) is 11.1 Å². The summed E-state index contributed by atoms with van der Waals surface area (Å²) in [5.41, 5.74) is 8.91. The Bertz CT molecular complexity index is 878. The number of rotatable bonds is 7. The Hall–Kier alpha value is -2.55. The summed E-state index contributed by atoms with van der Waals surface area (Å²) in [4.78, 5) is 2.33. The van der Waals surface area contributed by atoms with Gasteiger partial charge in [0.05, 0.1) is 5.56 Å². The SMILES string of the molecule is [N-]=[N+]=NS(=O)(=O)N(CCc1ccc(C(F)(F)F)cc1)Cc1ccccc1. The molecule has 2 rings (SSSR count). The third-order valence-electron chi connectivity index (χ3n) is 3.60. The highest BCUT2D eigenvalue weighted by atomic mass is 32.2. The number of halogens is 3. The molecule has 6 nitrogen and oxygen atoms in total. The Balaban J connectivity index is 2.15. The first-order valence-electron chi connectivity index (χ1n) is 7.49. The van der Waals surface area contributed by atoms with Crippen LogP contribution >= 0.6 is 0 Å². The molecule has 138 valence electrons. The average molecular weight is 384 g/mol. The largest absolute Gasteiger partial charge is 0.416 e. The van der Waals surface area contributed by atoms with Crippen LogP contribution in [-0.4, -0.2) is 19.3 Å². The van der Waals surface area contributed by atoms with E-state index in [1.165, 1.54) is 12.1 Å². The zero-order chi connectivity index (χ0) is 19.2. The van der Waals surface area contributed by atoms with Gasteiger partial charge in [-0.15, -0.1) is 0 Å². The molecule has 26 heavy (non-hydrogen) atoms. The molecule has 0 amide bonds. The minimum atomic E-state index is -4.43. The summed E-state index contributed by atoms with van der Waals surface area (Å²) < 4.78 is 65.8. The molecule has 0 aliphatic heterocycles. The van der Waals surface area contributed by atoms with Gasteiger partial charge in [-0.05, 0) is 35.2 Å². The van der Waals surface area contributed by atoms with Gasteiger partial charge in [0.2, 0.25) is 0 Å². The highest BCUT2D eigenvalue weighted by Crippen LogP contribution is 2.29. The molecule has 0 saturated heterocycles. The van der Waals surface area contributed by atoms with Crippen LogP contribution in [0.1, 0.15) is 16.7 Å². The van der Waals surface area contributed by atoms with Crippen LogP contribution in [0.2, 0.25) is 0 Å². The highest BCUT2D eigenvalue weighted by Gasteiger charge is 2.30. The Morgan fingerprint density at radius 1 is 1.00 bits per heavy atom. The van der Waals surface area contributed by atoms with Crippen molar-refractivity contribution in [2.45, 2.75) is 19.1 Å². The molecule has 0 bridgehead atoms. The molecule has 0 aromatic heterocycles. The van der Waals surface area contributed by atoms with Crippen molar-refractivity contribution < 1.29 is 21.6 Å². The van der Waals surface area contributed by atoms with E-state index in [-0.39, 0.29) is 19.5 Å². The van der Waals surface area contributed by atoms with Crippen LogP contribution in [0, 0.1) is 0 Å². The summed E-state index contributed by atoms with van der Waals surface area (Å²) in [7, 11) is -4.21. The zero-order valence-electron chi connectivity index (χ0n) is 13.5. The summed E-state index contributed by atoms with van der Waals surface area (Å²) in [5.74, 6) is 0. The molecule has 0 heterocycles.